The molecule has 21 heavy (non-hydrogen) atoms. The van der Waals surface area contributed by atoms with Gasteiger partial charge in [-0.1, -0.05) is 30.7 Å². The van der Waals surface area contributed by atoms with Crippen molar-refractivity contribution in [3.8, 4) is 0 Å². The van der Waals surface area contributed by atoms with Gasteiger partial charge in [-0.15, -0.1) is 0 Å². The zero-order chi connectivity index (χ0) is 16.0. The van der Waals surface area contributed by atoms with Gasteiger partial charge in [0.25, 0.3) is 5.91 Å². The number of rotatable bonds is 6. The van der Waals surface area contributed by atoms with Gasteiger partial charge in [-0.05, 0) is 18.6 Å². The molecular formula is C14H17ClN2O4. The van der Waals surface area contributed by atoms with E-state index >= 15 is 0 Å². The van der Waals surface area contributed by atoms with Crippen LogP contribution in [0.1, 0.15) is 23.7 Å². The Hall–Kier alpha value is -2.08. The predicted octanol–water partition coefficient (Wildman–Crippen LogP) is 1.39. The molecule has 1 unspecified atom stereocenters. The van der Waals surface area contributed by atoms with Gasteiger partial charge in [0, 0.05) is 7.05 Å². The van der Waals surface area contributed by atoms with E-state index in [1.165, 1.54) is 13.1 Å². The first-order valence-electron chi connectivity index (χ1n) is 6.39. The Balaban J connectivity index is 2.63. The first kappa shape index (κ1) is 17.0. The lowest BCUT2D eigenvalue weighted by molar-refractivity contribution is -0.148. The number of carboxylic acid groups (broad SMARTS) is 1. The lowest BCUT2D eigenvalue weighted by atomic mass is 10.2. The molecule has 7 heteroatoms. The Labute approximate surface area is 127 Å². The van der Waals surface area contributed by atoms with E-state index in [1.807, 2.05) is 0 Å². The van der Waals surface area contributed by atoms with Crippen molar-refractivity contribution < 1.29 is 19.5 Å². The standard InChI is InChI=1S/C14H17ClN2O4/c1-3-11(14(20)21)17(2)12(18)8-16-13(19)9-6-4-5-7-10(9)15/h4-7,11H,3,8H2,1-2H3,(H,16,19)(H,20,21). The fraction of sp³-hybridized carbons (Fsp3) is 0.357. The van der Waals surface area contributed by atoms with Crippen LogP contribution in [0.4, 0.5) is 0 Å². The van der Waals surface area contributed by atoms with Crippen molar-refractivity contribution in [2.45, 2.75) is 19.4 Å². The smallest absolute Gasteiger partial charge is 0.326 e. The van der Waals surface area contributed by atoms with E-state index in [4.69, 9.17) is 16.7 Å². The molecule has 2 amide bonds. The summed E-state index contributed by atoms with van der Waals surface area (Å²) in [5, 5.41) is 11.7. The summed E-state index contributed by atoms with van der Waals surface area (Å²) in [4.78, 5) is 35.9. The van der Waals surface area contributed by atoms with Crippen molar-refractivity contribution in [1.82, 2.24) is 10.2 Å². The minimum Gasteiger partial charge on any atom is -0.480 e. The van der Waals surface area contributed by atoms with Crippen molar-refractivity contribution in [3.63, 3.8) is 0 Å². The van der Waals surface area contributed by atoms with Crippen LogP contribution in [-0.4, -0.2) is 47.4 Å². The molecule has 1 aromatic carbocycles. The number of nitrogens with zero attached hydrogens (tertiary/aromatic N) is 1. The number of hydrogen-bond acceptors (Lipinski definition) is 3. The minimum atomic E-state index is -1.08. The highest BCUT2D eigenvalue weighted by Crippen LogP contribution is 2.14. The van der Waals surface area contributed by atoms with Gasteiger partial charge in [-0.25, -0.2) is 4.79 Å². The van der Waals surface area contributed by atoms with Gasteiger partial charge >= 0.3 is 5.97 Å². The maximum atomic E-state index is 11.9. The van der Waals surface area contributed by atoms with Crippen molar-refractivity contribution in [2.24, 2.45) is 0 Å². The maximum absolute atomic E-state index is 11.9. The molecule has 0 aliphatic carbocycles. The molecule has 1 rings (SSSR count). The number of hydrogen-bond donors (Lipinski definition) is 2. The summed E-state index contributed by atoms with van der Waals surface area (Å²) in [6.45, 7) is 1.38. The van der Waals surface area contributed by atoms with Crippen molar-refractivity contribution in [3.05, 3.63) is 34.9 Å². The fourth-order valence-corrected chi connectivity index (χ4v) is 2.03. The Kier molecular flexibility index (Phi) is 6.17. The molecule has 0 aliphatic rings. The number of likely N-dealkylation sites (N-methyl/N-ethyl adjacent to an activating group) is 1. The zero-order valence-electron chi connectivity index (χ0n) is 11.8. The molecular weight excluding hydrogens is 296 g/mol. The SMILES string of the molecule is CCC(C(=O)O)N(C)C(=O)CNC(=O)c1ccccc1Cl. The zero-order valence-corrected chi connectivity index (χ0v) is 12.6. The third-order valence-corrected chi connectivity index (χ3v) is 3.38. The molecule has 2 N–H and O–H groups in total. The Morgan fingerprint density at radius 1 is 1.33 bits per heavy atom. The Morgan fingerprint density at radius 3 is 2.48 bits per heavy atom. The molecule has 6 nitrogen and oxygen atoms in total. The summed E-state index contributed by atoms with van der Waals surface area (Å²) in [5.74, 6) is -2.04. The predicted molar refractivity (Wildman–Crippen MR) is 78.3 cm³/mol. The molecule has 0 aromatic heterocycles. The van der Waals surface area contributed by atoms with Gasteiger partial charge in [0.05, 0.1) is 17.1 Å². The van der Waals surface area contributed by atoms with Crippen LogP contribution in [0, 0.1) is 0 Å². The quantitative estimate of drug-likeness (QED) is 0.831. The van der Waals surface area contributed by atoms with Crippen LogP contribution in [-0.2, 0) is 9.59 Å². The van der Waals surface area contributed by atoms with Crippen LogP contribution in [0.2, 0.25) is 5.02 Å². The lowest BCUT2D eigenvalue weighted by Gasteiger charge is -2.23. The maximum Gasteiger partial charge on any atom is 0.326 e. The third kappa shape index (κ3) is 4.46. The molecule has 1 atom stereocenters. The molecule has 1 aromatic rings. The molecule has 0 saturated heterocycles. The first-order valence-corrected chi connectivity index (χ1v) is 6.77. The average molecular weight is 313 g/mol. The van der Waals surface area contributed by atoms with Gasteiger partial charge in [-0.2, -0.15) is 0 Å². The fourth-order valence-electron chi connectivity index (χ4n) is 1.81. The minimum absolute atomic E-state index is 0.264. The number of amides is 2. The summed E-state index contributed by atoms with van der Waals surface area (Å²) in [6.07, 6.45) is 0.288. The first-order chi connectivity index (χ1) is 9.88. The van der Waals surface area contributed by atoms with Gasteiger partial charge in [0.2, 0.25) is 5.91 Å². The second-order valence-electron chi connectivity index (χ2n) is 4.43. The molecule has 0 saturated carbocycles. The normalized spacial score (nSPS) is 11.6. The molecule has 0 fully saturated rings. The molecule has 0 aliphatic heterocycles. The van der Waals surface area contributed by atoms with Crippen LogP contribution >= 0.6 is 11.6 Å². The van der Waals surface area contributed by atoms with E-state index in [1.54, 1.807) is 25.1 Å². The summed E-state index contributed by atoms with van der Waals surface area (Å²) in [5.41, 5.74) is 0.264. The van der Waals surface area contributed by atoms with E-state index in [-0.39, 0.29) is 23.6 Å². The second kappa shape index (κ2) is 7.64. The second-order valence-corrected chi connectivity index (χ2v) is 4.84. The molecule has 114 valence electrons. The number of carbonyl (C=O) groups excluding carboxylic acids is 2. The van der Waals surface area contributed by atoms with Gasteiger partial charge < -0.3 is 15.3 Å². The lowest BCUT2D eigenvalue weighted by Crippen LogP contribution is -2.46. The van der Waals surface area contributed by atoms with E-state index < -0.39 is 23.8 Å². The molecule has 0 bridgehead atoms. The number of halogens is 1. The van der Waals surface area contributed by atoms with Crippen LogP contribution in [0.15, 0.2) is 24.3 Å². The number of carboxylic acids is 1. The van der Waals surface area contributed by atoms with Crippen LogP contribution in [0.3, 0.4) is 0 Å². The summed E-state index contributed by atoms with van der Waals surface area (Å²) in [6, 6.07) is 5.55. The van der Waals surface area contributed by atoms with Crippen LogP contribution in [0.5, 0.6) is 0 Å². The number of benzene rings is 1. The summed E-state index contributed by atoms with van der Waals surface area (Å²) >= 11 is 5.88. The van der Waals surface area contributed by atoms with Crippen molar-refractivity contribution in [1.29, 1.82) is 0 Å². The van der Waals surface area contributed by atoms with Gasteiger partial charge in [0.15, 0.2) is 0 Å². The van der Waals surface area contributed by atoms with E-state index in [9.17, 15) is 14.4 Å². The topological polar surface area (TPSA) is 86.7 Å². The van der Waals surface area contributed by atoms with E-state index in [2.05, 4.69) is 5.32 Å². The summed E-state index contributed by atoms with van der Waals surface area (Å²) < 4.78 is 0. The number of aliphatic carboxylic acids is 1. The highest BCUT2D eigenvalue weighted by Gasteiger charge is 2.24. The molecule has 0 radical (unpaired) electrons. The average Bonchev–Trinajstić information content (AvgIpc) is 2.45. The molecule has 0 spiro atoms. The van der Waals surface area contributed by atoms with Crippen LogP contribution < -0.4 is 5.32 Å². The highest BCUT2D eigenvalue weighted by molar-refractivity contribution is 6.33. The highest BCUT2D eigenvalue weighted by atomic mass is 35.5. The Bertz CT molecular complexity index is 548. The van der Waals surface area contributed by atoms with E-state index in [0.29, 0.717) is 0 Å². The Morgan fingerprint density at radius 2 is 1.95 bits per heavy atom. The van der Waals surface area contributed by atoms with Crippen molar-refractivity contribution >= 4 is 29.4 Å². The number of carbonyl (C=O) groups is 3. The third-order valence-electron chi connectivity index (χ3n) is 3.05. The number of nitrogens with one attached hydrogen (secondary N) is 1. The van der Waals surface area contributed by atoms with Gasteiger partial charge in [0.1, 0.15) is 6.04 Å². The van der Waals surface area contributed by atoms with Gasteiger partial charge in [-0.3, -0.25) is 9.59 Å². The largest absolute Gasteiger partial charge is 0.480 e. The van der Waals surface area contributed by atoms with Crippen LogP contribution in [0.25, 0.3) is 0 Å². The molecule has 0 heterocycles. The summed E-state index contributed by atoms with van der Waals surface area (Å²) in [7, 11) is 1.40. The monoisotopic (exact) mass is 312 g/mol. The van der Waals surface area contributed by atoms with E-state index in [0.717, 1.165) is 4.90 Å². The van der Waals surface area contributed by atoms with Crippen molar-refractivity contribution in [2.75, 3.05) is 13.6 Å².